The van der Waals surface area contributed by atoms with Crippen molar-refractivity contribution in [3.05, 3.63) is 36.3 Å². The molecule has 0 aromatic carbocycles. The molecule has 2 N–H and O–H groups in total. The fraction of sp³-hybridized carbons (Fsp3) is 0.250. The van der Waals surface area contributed by atoms with Gasteiger partial charge in [-0.05, 0) is 12.1 Å². The van der Waals surface area contributed by atoms with Crippen LogP contribution < -0.4 is 5.32 Å². The molecule has 1 unspecified atom stereocenters. The second kappa shape index (κ2) is 5.55. The van der Waals surface area contributed by atoms with Gasteiger partial charge < -0.3 is 15.0 Å². The van der Waals surface area contributed by atoms with Crippen LogP contribution in [0.5, 0.6) is 0 Å². The van der Waals surface area contributed by atoms with Gasteiger partial charge in [0.25, 0.3) is 5.91 Å². The summed E-state index contributed by atoms with van der Waals surface area (Å²) in [5, 5.41) is 14.8. The van der Waals surface area contributed by atoms with Gasteiger partial charge in [0.05, 0.1) is 6.20 Å². The lowest BCUT2D eigenvalue weighted by Gasteiger charge is -2.11. The summed E-state index contributed by atoms with van der Waals surface area (Å²) < 4.78 is 15.7. The van der Waals surface area contributed by atoms with Gasteiger partial charge in [-0.15, -0.1) is 0 Å². The summed E-state index contributed by atoms with van der Waals surface area (Å²) in [7, 11) is 1.65. The van der Waals surface area contributed by atoms with Gasteiger partial charge in [0, 0.05) is 19.4 Å². The lowest BCUT2D eigenvalue weighted by molar-refractivity contribution is -0.139. The van der Waals surface area contributed by atoms with Crippen LogP contribution >= 0.6 is 0 Å². The van der Waals surface area contributed by atoms with E-state index in [1.165, 1.54) is 10.9 Å². The van der Waals surface area contributed by atoms with Crippen molar-refractivity contribution in [1.29, 1.82) is 0 Å². The number of amides is 1. The SMILES string of the molecule is Cn1ncc(C(=O)NC(CF)C(=O)O)c1-n1cccc1. The summed E-state index contributed by atoms with van der Waals surface area (Å²) >= 11 is 0. The van der Waals surface area contributed by atoms with E-state index in [0.717, 1.165) is 0 Å². The molecule has 0 bridgehead atoms. The molecule has 7 nitrogen and oxygen atoms in total. The van der Waals surface area contributed by atoms with Crippen LogP contribution in [0.1, 0.15) is 10.4 Å². The van der Waals surface area contributed by atoms with Crippen molar-refractivity contribution >= 4 is 11.9 Å². The first-order chi connectivity index (χ1) is 9.54. The van der Waals surface area contributed by atoms with E-state index in [1.807, 2.05) is 0 Å². The normalized spacial score (nSPS) is 12.1. The first-order valence-electron chi connectivity index (χ1n) is 5.79. The maximum absolute atomic E-state index is 12.5. The average Bonchev–Trinajstić information content (AvgIpc) is 3.03. The van der Waals surface area contributed by atoms with E-state index >= 15 is 0 Å². The van der Waals surface area contributed by atoms with Crippen molar-refractivity contribution < 1.29 is 19.1 Å². The Hall–Kier alpha value is -2.64. The van der Waals surface area contributed by atoms with E-state index in [-0.39, 0.29) is 5.56 Å². The molecule has 0 fully saturated rings. The molecule has 1 atom stereocenters. The van der Waals surface area contributed by atoms with E-state index in [4.69, 9.17) is 5.11 Å². The molecule has 2 heterocycles. The summed E-state index contributed by atoms with van der Waals surface area (Å²) in [5.41, 5.74) is 0.170. The Morgan fingerprint density at radius 3 is 2.65 bits per heavy atom. The van der Waals surface area contributed by atoms with Gasteiger partial charge in [0.1, 0.15) is 18.1 Å². The number of carboxylic acids is 1. The van der Waals surface area contributed by atoms with E-state index in [1.54, 1.807) is 36.1 Å². The number of nitrogens with one attached hydrogen (secondary N) is 1. The quantitative estimate of drug-likeness (QED) is 0.827. The van der Waals surface area contributed by atoms with Gasteiger partial charge in [-0.25, -0.2) is 9.18 Å². The van der Waals surface area contributed by atoms with Gasteiger partial charge in [-0.3, -0.25) is 9.48 Å². The Kier molecular flexibility index (Phi) is 3.83. The summed E-state index contributed by atoms with van der Waals surface area (Å²) in [6, 6.07) is 1.98. The van der Waals surface area contributed by atoms with Crippen molar-refractivity contribution in [2.45, 2.75) is 6.04 Å². The monoisotopic (exact) mass is 280 g/mol. The number of aromatic nitrogens is 3. The van der Waals surface area contributed by atoms with E-state index in [9.17, 15) is 14.0 Å². The van der Waals surface area contributed by atoms with Crippen LogP contribution in [0.2, 0.25) is 0 Å². The van der Waals surface area contributed by atoms with Crippen molar-refractivity contribution in [3.63, 3.8) is 0 Å². The molecule has 0 aliphatic carbocycles. The second-order valence-electron chi connectivity index (χ2n) is 4.11. The van der Waals surface area contributed by atoms with Crippen molar-refractivity contribution in [2.75, 3.05) is 6.67 Å². The molecule has 2 rings (SSSR count). The summed E-state index contributed by atoms with van der Waals surface area (Å²) in [4.78, 5) is 22.8. The second-order valence-corrected chi connectivity index (χ2v) is 4.11. The number of carboxylic acid groups (broad SMARTS) is 1. The highest BCUT2D eigenvalue weighted by atomic mass is 19.1. The van der Waals surface area contributed by atoms with Crippen LogP contribution in [-0.2, 0) is 11.8 Å². The van der Waals surface area contributed by atoms with Gasteiger partial charge in [-0.1, -0.05) is 0 Å². The van der Waals surface area contributed by atoms with E-state index in [2.05, 4.69) is 10.4 Å². The predicted molar refractivity (Wildman–Crippen MR) is 67.4 cm³/mol. The molecule has 0 radical (unpaired) electrons. The van der Waals surface area contributed by atoms with Crippen LogP contribution in [0.3, 0.4) is 0 Å². The van der Waals surface area contributed by atoms with Crippen molar-refractivity contribution in [3.8, 4) is 5.82 Å². The van der Waals surface area contributed by atoms with Gasteiger partial charge in [-0.2, -0.15) is 5.10 Å². The van der Waals surface area contributed by atoms with E-state index in [0.29, 0.717) is 5.82 Å². The van der Waals surface area contributed by atoms with Crippen LogP contribution in [0, 0.1) is 0 Å². The molecule has 0 saturated heterocycles. The van der Waals surface area contributed by atoms with Crippen molar-refractivity contribution in [2.24, 2.45) is 7.05 Å². The number of carbonyl (C=O) groups is 2. The Morgan fingerprint density at radius 1 is 1.45 bits per heavy atom. The van der Waals surface area contributed by atoms with Crippen LogP contribution in [0.4, 0.5) is 4.39 Å². The molecule has 2 aromatic rings. The minimum atomic E-state index is -1.57. The van der Waals surface area contributed by atoms with Crippen LogP contribution in [-0.4, -0.2) is 44.0 Å². The molecular formula is C12H13FN4O3. The maximum atomic E-state index is 12.5. The Balaban J connectivity index is 2.30. The number of hydrogen-bond acceptors (Lipinski definition) is 3. The Labute approximate surface area is 113 Å². The fourth-order valence-electron chi connectivity index (χ4n) is 1.78. The van der Waals surface area contributed by atoms with Gasteiger partial charge >= 0.3 is 5.97 Å². The number of hydrogen-bond donors (Lipinski definition) is 2. The number of alkyl halides is 1. The smallest absolute Gasteiger partial charge is 0.328 e. The predicted octanol–water partition coefficient (Wildman–Crippen LogP) is 0.363. The van der Waals surface area contributed by atoms with Gasteiger partial charge in [0.15, 0.2) is 6.04 Å². The first-order valence-corrected chi connectivity index (χ1v) is 5.79. The summed E-state index contributed by atoms with van der Waals surface area (Å²) in [6.07, 6.45) is 4.75. The molecule has 8 heteroatoms. The lowest BCUT2D eigenvalue weighted by atomic mass is 10.2. The van der Waals surface area contributed by atoms with Gasteiger partial charge in [0.2, 0.25) is 0 Å². The molecule has 0 spiro atoms. The molecule has 106 valence electrons. The van der Waals surface area contributed by atoms with Crippen LogP contribution in [0.25, 0.3) is 5.82 Å². The number of rotatable bonds is 5. The minimum Gasteiger partial charge on any atom is -0.480 e. The average molecular weight is 280 g/mol. The minimum absolute atomic E-state index is 0.170. The number of halogens is 1. The highest BCUT2D eigenvalue weighted by Gasteiger charge is 2.24. The largest absolute Gasteiger partial charge is 0.480 e. The molecule has 0 aliphatic rings. The Morgan fingerprint density at radius 2 is 2.10 bits per heavy atom. The number of carbonyl (C=O) groups excluding carboxylic acids is 1. The Bertz CT molecular complexity index is 621. The molecular weight excluding hydrogens is 267 g/mol. The van der Waals surface area contributed by atoms with E-state index < -0.39 is 24.6 Å². The topological polar surface area (TPSA) is 89.2 Å². The lowest BCUT2D eigenvalue weighted by Crippen LogP contribution is -2.42. The zero-order valence-corrected chi connectivity index (χ0v) is 10.7. The molecule has 20 heavy (non-hydrogen) atoms. The molecule has 0 saturated carbocycles. The fourth-order valence-corrected chi connectivity index (χ4v) is 1.78. The molecule has 2 aromatic heterocycles. The summed E-state index contributed by atoms with van der Waals surface area (Å²) in [6.45, 7) is -1.18. The van der Waals surface area contributed by atoms with Crippen molar-refractivity contribution in [1.82, 2.24) is 19.7 Å². The van der Waals surface area contributed by atoms with Crippen LogP contribution in [0.15, 0.2) is 30.7 Å². The number of aryl methyl sites for hydroxylation is 1. The first kappa shape index (κ1) is 13.8. The number of aliphatic carboxylic acids is 1. The highest BCUT2D eigenvalue weighted by molar-refractivity contribution is 5.99. The third-order valence-corrected chi connectivity index (χ3v) is 2.76. The number of nitrogens with zero attached hydrogens (tertiary/aromatic N) is 3. The third kappa shape index (κ3) is 2.53. The highest BCUT2D eigenvalue weighted by Crippen LogP contribution is 2.14. The zero-order chi connectivity index (χ0) is 14.7. The standard InChI is InChI=1S/C12H13FN4O3/c1-16-11(17-4-2-3-5-17)8(7-14-16)10(18)15-9(6-13)12(19)20/h2-5,7,9H,6H2,1H3,(H,15,18)(H,19,20). The maximum Gasteiger partial charge on any atom is 0.328 e. The zero-order valence-electron chi connectivity index (χ0n) is 10.7. The molecule has 1 amide bonds. The summed E-state index contributed by atoms with van der Waals surface area (Å²) in [5.74, 6) is -1.64. The molecule has 0 aliphatic heterocycles. The third-order valence-electron chi connectivity index (χ3n) is 2.76.